The number of hydrogen-bond acceptors (Lipinski definition) is 4. The maximum atomic E-state index is 11.7. The van der Waals surface area contributed by atoms with Crippen molar-refractivity contribution in [3.63, 3.8) is 0 Å². The molecule has 0 bridgehead atoms. The summed E-state index contributed by atoms with van der Waals surface area (Å²) in [5.41, 5.74) is 2.08. The summed E-state index contributed by atoms with van der Waals surface area (Å²) in [7, 11) is 0. The largest absolute Gasteiger partial charge is 0.480 e. The maximum Gasteiger partial charge on any atom is 0.325 e. The van der Waals surface area contributed by atoms with Crippen LogP contribution in [0.25, 0.3) is 0 Å². The van der Waals surface area contributed by atoms with Crippen molar-refractivity contribution in [3.05, 3.63) is 58.3 Å². The molecule has 0 amide bonds. The van der Waals surface area contributed by atoms with Gasteiger partial charge in [0.2, 0.25) is 0 Å². The highest BCUT2D eigenvalue weighted by Gasteiger charge is 2.32. The summed E-state index contributed by atoms with van der Waals surface area (Å²) in [4.78, 5) is 13.7. The smallest absolute Gasteiger partial charge is 0.325 e. The van der Waals surface area contributed by atoms with E-state index in [1.165, 1.54) is 16.9 Å². The van der Waals surface area contributed by atoms with Crippen LogP contribution in [0.15, 0.2) is 47.2 Å². The van der Waals surface area contributed by atoms with E-state index in [1.807, 2.05) is 39.9 Å². The van der Waals surface area contributed by atoms with E-state index < -0.39 is 12.0 Å². The Morgan fingerprint density at radius 1 is 1.36 bits per heavy atom. The second-order valence-electron chi connectivity index (χ2n) is 5.47. The summed E-state index contributed by atoms with van der Waals surface area (Å²) in [6.07, 6.45) is 0.851. The third-order valence-corrected chi connectivity index (χ3v) is 4.64. The van der Waals surface area contributed by atoms with Crippen LogP contribution in [0.4, 0.5) is 0 Å². The average molecular weight is 317 g/mol. The second-order valence-corrected chi connectivity index (χ2v) is 6.25. The molecule has 22 heavy (non-hydrogen) atoms. The third kappa shape index (κ3) is 3.55. The minimum atomic E-state index is -0.793. The van der Waals surface area contributed by atoms with Gasteiger partial charge in [-0.15, -0.1) is 0 Å². The number of benzene rings is 1. The lowest BCUT2D eigenvalue weighted by Crippen LogP contribution is -2.47. The van der Waals surface area contributed by atoms with Gasteiger partial charge < -0.3 is 9.84 Å². The molecule has 116 valence electrons. The van der Waals surface area contributed by atoms with Gasteiger partial charge in [-0.1, -0.05) is 30.3 Å². The summed E-state index contributed by atoms with van der Waals surface area (Å²) in [5.74, 6) is -0.793. The number of aliphatic carboxylic acids is 1. The van der Waals surface area contributed by atoms with Gasteiger partial charge in [-0.05, 0) is 34.4 Å². The van der Waals surface area contributed by atoms with Gasteiger partial charge in [0.25, 0.3) is 0 Å². The van der Waals surface area contributed by atoms with Gasteiger partial charge in [-0.25, -0.2) is 0 Å². The van der Waals surface area contributed by atoms with E-state index in [-0.39, 0.29) is 6.10 Å². The van der Waals surface area contributed by atoms with Crippen molar-refractivity contribution in [3.8, 4) is 0 Å². The van der Waals surface area contributed by atoms with E-state index in [9.17, 15) is 9.90 Å². The number of rotatable bonds is 5. The molecule has 0 saturated carbocycles. The van der Waals surface area contributed by atoms with E-state index in [2.05, 4.69) is 12.1 Å². The Hall–Kier alpha value is -1.69. The van der Waals surface area contributed by atoms with Crippen molar-refractivity contribution in [2.45, 2.75) is 18.6 Å². The van der Waals surface area contributed by atoms with Gasteiger partial charge in [-0.2, -0.15) is 11.3 Å². The van der Waals surface area contributed by atoms with Gasteiger partial charge in [0.1, 0.15) is 6.04 Å². The van der Waals surface area contributed by atoms with E-state index >= 15 is 0 Å². The molecule has 1 saturated heterocycles. The lowest BCUT2D eigenvalue weighted by Gasteiger charge is -2.36. The fourth-order valence-corrected chi connectivity index (χ4v) is 3.60. The molecule has 0 unspecified atom stereocenters. The third-order valence-electron chi connectivity index (χ3n) is 3.93. The van der Waals surface area contributed by atoms with Crippen LogP contribution in [0.1, 0.15) is 17.2 Å². The number of carboxylic acids is 1. The van der Waals surface area contributed by atoms with Crippen LogP contribution in [0.5, 0.6) is 0 Å². The molecule has 5 heteroatoms. The van der Waals surface area contributed by atoms with Crippen LogP contribution in [-0.4, -0.2) is 41.8 Å². The number of thiophene rings is 1. The lowest BCUT2D eigenvalue weighted by atomic mass is 10.0. The van der Waals surface area contributed by atoms with Gasteiger partial charge in [-0.3, -0.25) is 9.69 Å². The predicted molar refractivity (Wildman–Crippen MR) is 86.2 cm³/mol. The number of hydrogen-bond donors (Lipinski definition) is 1. The molecule has 1 aliphatic rings. The fourth-order valence-electron chi connectivity index (χ4n) is 2.92. The molecular formula is C17H19NO3S. The molecule has 0 radical (unpaired) electrons. The predicted octanol–water partition coefficient (Wildman–Crippen LogP) is 2.82. The zero-order chi connectivity index (χ0) is 15.4. The minimum Gasteiger partial charge on any atom is -0.480 e. The van der Waals surface area contributed by atoms with Crippen molar-refractivity contribution >= 4 is 17.3 Å². The zero-order valence-electron chi connectivity index (χ0n) is 12.2. The Bertz CT molecular complexity index is 600. The molecule has 2 aromatic rings. The minimum absolute atomic E-state index is 0.0386. The molecule has 2 heterocycles. The lowest BCUT2D eigenvalue weighted by molar-refractivity contribution is -0.147. The zero-order valence-corrected chi connectivity index (χ0v) is 13.0. The Morgan fingerprint density at radius 2 is 2.18 bits per heavy atom. The molecule has 1 fully saturated rings. The first-order valence-electron chi connectivity index (χ1n) is 7.38. The first kappa shape index (κ1) is 15.2. The van der Waals surface area contributed by atoms with Crippen LogP contribution < -0.4 is 0 Å². The van der Waals surface area contributed by atoms with Crippen molar-refractivity contribution in [2.24, 2.45) is 0 Å². The van der Waals surface area contributed by atoms with Gasteiger partial charge in [0, 0.05) is 13.1 Å². The Kier molecular flexibility index (Phi) is 4.87. The molecule has 3 rings (SSSR count). The van der Waals surface area contributed by atoms with Crippen LogP contribution >= 0.6 is 11.3 Å². The summed E-state index contributed by atoms with van der Waals surface area (Å²) in [6.45, 7) is 1.87. The normalized spacial score (nSPS) is 20.6. The average Bonchev–Trinajstić information content (AvgIpc) is 3.02. The van der Waals surface area contributed by atoms with Crippen LogP contribution in [0.3, 0.4) is 0 Å². The van der Waals surface area contributed by atoms with E-state index in [4.69, 9.17) is 4.74 Å². The van der Waals surface area contributed by atoms with Gasteiger partial charge >= 0.3 is 5.97 Å². The molecule has 0 aliphatic carbocycles. The van der Waals surface area contributed by atoms with Crippen LogP contribution in [0, 0.1) is 0 Å². The Morgan fingerprint density at radius 3 is 2.86 bits per heavy atom. The quantitative estimate of drug-likeness (QED) is 0.921. The molecule has 1 aliphatic heterocycles. The molecule has 2 atom stereocenters. The highest BCUT2D eigenvalue weighted by Crippen LogP contribution is 2.26. The van der Waals surface area contributed by atoms with Gasteiger partial charge in [0.05, 0.1) is 12.7 Å². The number of carboxylic acid groups (broad SMARTS) is 1. The molecule has 1 aromatic carbocycles. The van der Waals surface area contributed by atoms with E-state index in [1.54, 1.807) is 0 Å². The first-order chi connectivity index (χ1) is 10.7. The summed E-state index contributed by atoms with van der Waals surface area (Å²) >= 11 is 1.53. The maximum absolute atomic E-state index is 11.7. The standard InChI is InChI=1S/C17H19NO3S/c19-17(20)16(14-6-9-22-12-14)18-7-8-21-15(11-18)10-13-4-2-1-3-5-13/h1-6,9,12,15-16H,7-8,10-11H2,(H,19,20)/t15-,16-/m1/s1. The number of morpholine rings is 1. The van der Waals surface area contributed by atoms with E-state index in [0.717, 1.165) is 12.0 Å². The summed E-state index contributed by atoms with van der Waals surface area (Å²) < 4.78 is 5.83. The number of carbonyl (C=O) groups is 1. The van der Waals surface area contributed by atoms with Crippen molar-refractivity contribution in [2.75, 3.05) is 19.7 Å². The molecule has 4 nitrogen and oxygen atoms in total. The Balaban J connectivity index is 1.70. The molecule has 1 N–H and O–H groups in total. The van der Waals surface area contributed by atoms with Crippen molar-refractivity contribution in [1.82, 2.24) is 4.90 Å². The number of ether oxygens (including phenoxy) is 1. The van der Waals surface area contributed by atoms with Crippen LogP contribution in [-0.2, 0) is 16.0 Å². The highest BCUT2D eigenvalue weighted by atomic mass is 32.1. The van der Waals surface area contributed by atoms with Crippen molar-refractivity contribution in [1.29, 1.82) is 0 Å². The fraction of sp³-hybridized carbons (Fsp3) is 0.353. The van der Waals surface area contributed by atoms with E-state index in [0.29, 0.717) is 19.7 Å². The van der Waals surface area contributed by atoms with Crippen molar-refractivity contribution < 1.29 is 14.6 Å². The molecule has 1 aromatic heterocycles. The second kappa shape index (κ2) is 7.05. The Labute approximate surface area is 134 Å². The SMILES string of the molecule is O=C(O)[C@@H](c1ccsc1)N1CCO[C@H](Cc2ccccc2)C1. The number of nitrogens with zero attached hydrogens (tertiary/aromatic N) is 1. The van der Waals surface area contributed by atoms with Crippen LogP contribution in [0.2, 0.25) is 0 Å². The first-order valence-corrected chi connectivity index (χ1v) is 8.33. The molecule has 0 spiro atoms. The topological polar surface area (TPSA) is 49.8 Å². The monoisotopic (exact) mass is 317 g/mol. The van der Waals surface area contributed by atoms with Gasteiger partial charge in [0.15, 0.2) is 0 Å². The summed E-state index contributed by atoms with van der Waals surface area (Å²) in [5, 5.41) is 13.4. The highest BCUT2D eigenvalue weighted by molar-refractivity contribution is 7.08. The summed E-state index contributed by atoms with van der Waals surface area (Å²) in [6, 6.07) is 11.5. The molecular weight excluding hydrogens is 298 g/mol.